The maximum absolute atomic E-state index is 14.4. The molecule has 1 N–H and O–H groups in total. The number of nitrogens with zero attached hydrogens (tertiary/aromatic N) is 2. The number of rotatable bonds is 6. The SMILES string of the molecule is Cc1cc2c(OCC(F)(F)F)ccc(F)c2n1CCNc1ccnc(Cl)c1. The Kier molecular flexibility index (Phi) is 5.46. The summed E-state index contributed by atoms with van der Waals surface area (Å²) in [6.07, 6.45) is -2.90. The van der Waals surface area contributed by atoms with Crippen LogP contribution < -0.4 is 10.1 Å². The predicted octanol–water partition coefficient (Wildman–Crippen LogP) is 5.19. The molecular formula is C18H16ClF4N3O. The van der Waals surface area contributed by atoms with Gasteiger partial charge in [-0.25, -0.2) is 9.37 Å². The molecule has 0 spiro atoms. The molecule has 4 nitrogen and oxygen atoms in total. The standard InChI is InChI=1S/C18H16ClF4N3O/c1-11-8-13-15(27-10-18(21,22)23)3-2-14(20)17(13)26(11)7-6-24-12-4-5-25-16(19)9-12/h2-5,8-9H,6-7,10H2,1H3,(H,24,25). The number of alkyl halides is 3. The van der Waals surface area contributed by atoms with Gasteiger partial charge in [0.2, 0.25) is 0 Å². The molecule has 3 rings (SSSR count). The van der Waals surface area contributed by atoms with Gasteiger partial charge in [0.1, 0.15) is 16.7 Å². The van der Waals surface area contributed by atoms with Gasteiger partial charge in [-0.1, -0.05) is 11.6 Å². The molecule has 0 amide bonds. The number of ether oxygens (including phenoxy) is 1. The van der Waals surface area contributed by atoms with E-state index in [1.54, 1.807) is 35.9 Å². The number of aromatic nitrogens is 2. The third kappa shape index (κ3) is 4.63. The van der Waals surface area contributed by atoms with E-state index in [1.807, 2.05) is 0 Å². The van der Waals surface area contributed by atoms with Crippen LogP contribution in [0.1, 0.15) is 5.69 Å². The van der Waals surface area contributed by atoms with Crippen molar-refractivity contribution in [1.29, 1.82) is 0 Å². The lowest BCUT2D eigenvalue weighted by atomic mass is 10.2. The average molecular weight is 402 g/mol. The van der Waals surface area contributed by atoms with Gasteiger partial charge in [-0.15, -0.1) is 0 Å². The summed E-state index contributed by atoms with van der Waals surface area (Å²) in [5.41, 5.74) is 1.68. The molecule has 27 heavy (non-hydrogen) atoms. The molecule has 9 heteroatoms. The van der Waals surface area contributed by atoms with E-state index in [4.69, 9.17) is 16.3 Å². The number of anilines is 1. The Morgan fingerprint density at radius 3 is 2.70 bits per heavy atom. The van der Waals surface area contributed by atoms with Crippen LogP contribution in [0.5, 0.6) is 5.75 Å². The lowest BCUT2D eigenvalue weighted by Gasteiger charge is -2.13. The van der Waals surface area contributed by atoms with Crippen molar-refractivity contribution >= 4 is 28.2 Å². The number of pyridine rings is 1. The molecule has 0 atom stereocenters. The predicted molar refractivity (Wildman–Crippen MR) is 95.9 cm³/mol. The van der Waals surface area contributed by atoms with Gasteiger partial charge in [-0.2, -0.15) is 13.2 Å². The lowest BCUT2D eigenvalue weighted by Crippen LogP contribution is -2.19. The largest absolute Gasteiger partial charge is 0.483 e. The molecule has 3 aromatic rings. The van der Waals surface area contributed by atoms with E-state index in [1.165, 1.54) is 6.07 Å². The smallest absolute Gasteiger partial charge is 0.422 e. The summed E-state index contributed by atoms with van der Waals surface area (Å²) in [5, 5.41) is 3.80. The van der Waals surface area contributed by atoms with Crippen molar-refractivity contribution in [3.05, 3.63) is 53.2 Å². The van der Waals surface area contributed by atoms with Crippen molar-refractivity contribution in [3.8, 4) is 5.75 Å². The Bertz CT molecular complexity index is 956. The van der Waals surface area contributed by atoms with Crippen LogP contribution in [0.25, 0.3) is 10.9 Å². The minimum absolute atomic E-state index is 0.000509. The zero-order chi connectivity index (χ0) is 19.6. The maximum atomic E-state index is 14.4. The van der Waals surface area contributed by atoms with Crippen LogP contribution in [0.15, 0.2) is 36.5 Å². The van der Waals surface area contributed by atoms with Crippen molar-refractivity contribution in [2.45, 2.75) is 19.6 Å². The number of hydrogen-bond donors (Lipinski definition) is 1. The van der Waals surface area contributed by atoms with Gasteiger partial charge in [0.05, 0.1) is 5.52 Å². The van der Waals surface area contributed by atoms with Gasteiger partial charge in [0, 0.05) is 36.1 Å². The third-order valence-electron chi connectivity index (χ3n) is 3.96. The summed E-state index contributed by atoms with van der Waals surface area (Å²) in [5.74, 6) is -0.524. The van der Waals surface area contributed by atoms with Crippen molar-refractivity contribution < 1.29 is 22.3 Å². The number of fused-ring (bicyclic) bond motifs is 1. The summed E-state index contributed by atoms with van der Waals surface area (Å²) < 4.78 is 58.2. The maximum Gasteiger partial charge on any atom is 0.422 e. The van der Waals surface area contributed by atoms with E-state index in [2.05, 4.69) is 10.3 Å². The van der Waals surface area contributed by atoms with E-state index < -0.39 is 18.6 Å². The number of hydrogen-bond acceptors (Lipinski definition) is 3. The Hall–Kier alpha value is -2.48. The summed E-state index contributed by atoms with van der Waals surface area (Å²) in [7, 11) is 0. The summed E-state index contributed by atoms with van der Waals surface area (Å²) in [6.45, 7) is 1.19. The van der Waals surface area contributed by atoms with Crippen LogP contribution in [-0.2, 0) is 6.54 Å². The molecular weight excluding hydrogens is 386 g/mol. The first-order valence-corrected chi connectivity index (χ1v) is 8.46. The molecule has 0 saturated carbocycles. The molecule has 0 unspecified atom stereocenters. The third-order valence-corrected chi connectivity index (χ3v) is 4.17. The van der Waals surface area contributed by atoms with Crippen LogP contribution in [0.4, 0.5) is 23.2 Å². The second-order valence-corrected chi connectivity index (χ2v) is 6.33. The van der Waals surface area contributed by atoms with Gasteiger partial charge in [-0.3, -0.25) is 0 Å². The van der Waals surface area contributed by atoms with E-state index in [0.29, 0.717) is 29.3 Å². The molecule has 0 bridgehead atoms. The molecule has 144 valence electrons. The van der Waals surface area contributed by atoms with Crippen LogP contribution in [0.3, 0.4) is 0 Å². The molecule has 0 aliphatic heterocycles. The van der Waals surface area contributed by atoms with Gasteiger partial charge in [-0.05, 0) is 37.3 Å². The second-order valence-electron chi connectivity index (χ2n) is 5.94. The van der Waals surface area contributed by atoms with Gasteiger partial charge in [0.15, 0.2) is 6.61 Å². The summed E-state index contributed by atoms with van der Waals surface area (Å²) >= 11 is 5.83. The minimum Gasteiger partial charge on any atom is -0.483 e. The first kappa shape index (κ1) is 19.3. The molecule has 2 aromatic heterocycles. The molecule has 0 aliphatic rings. The van der Waals surface area contributed by atoms with Crippen LogP contribution in [0.2, 0.25) is 5.15 Å². The fourth-order valence-corrected chi connectivity index (χ4v) is 3.01. The van der Waals surface area contributed by atoms with E-state index in [9.17, 15) is 17.6 Å². The normalized spacial score (nSPS) is 11.8. The van der Waals surface area contributed by atoms with E-state index in [-0.39, 0.29) is 11.3 Å². The number of nitrogens with one attached hydrogen (secondary N) is 1. The van der Waals surface area contributed by atoms with Crippen molar-refractivity contribution in [2.24, 2.45) is 0 Å². The second kappa shape index (κ2) is 7.64. The Morgan fingerprint density at radius 1 is 1.22 bits per heavy atom. The molecule has 0 saturated heterocycles. The highest BCUT2D eigenvalue weighted by atomic mass is 35.5. The van der Waals surface area contributed by atoms with E-state index >= 15 is 0 Å². The minimum atomic E-state index is -4.46. The molecule has 2 heterocycles. The number of aryl methyl sites for hydroxylation is 1. The van der Waals surface area contributed by atoms with Crippen LogP contribution in [-0.4, -0.2) is 28.9 Å². The van der Waals surface area contributed by atoms with Crippen molar-refractivity contribution in [1.82, 2.24) is 9.55 Å². The fraction of sp³-hybridized carbons (Fsp3) is 0.278. The highest BCUT2D eigenvalue weighted by molar-refractivity contribution is 6.29. The molecule has 1 aromatic carbocycles. The molecule has 0 radical (unpaired) electrons. The highest BCUT2D eigenvalue weighted by Gasteiger charge is 2.29. The Morgan fingerprint density at radius 2 is 2.00 bits per heavy atom. The van der Waals surface area contributed by atoms with Crippen LogP contribution >= 0.6 is 11.6 Å². The van der Waals surface area contributed by atoms with Crippen molar-refractivity contribution in [2.75, 3.05) is 18.5 Å². The topological polar surface area (TPSA) is 39.1 Å². The summed E-state index contributed by atoms with van der Waals surface area (Å²) in [4.78, 5) is 3.89. The monoisotopic (exact) mass is 401 g/mol. The fourth-order valence-electron chi connectivity index (χ4n) is 2.84. The summed E-state index contributed by atoms with van der Waals surface area (Å²) in [6, 6.07) is 7.35. The quantitative estimate of drug-likeness (QED) is 0.456. The van der Waals surface area contributed by atoms with Gasteiger partial charge >= 0.3 is 6.18 Å². The zero-order valence-electron chi connectivity index (χ0n) is 14.3. The lowest BCUT2D eigenvalue weighted by molar-refractivity contribution is -0.153. The Balaban J connectivity index is 1.82. The first-order valence-electron chi connectivity index (χ1n) is 8.08. The number of benzene rings is 1. The van der Waals surface area contributed by atoms with Crippen molar-refractivity contribution in [3.63, 3.8) is 0 Å². The molecule has 0 aliphatic carbocycles. The highest BCUT2D eigenvalue weighted by Crippen LogP contribution is 2.32. The number of halogens is 5. The van der Waals surface area contributed by atoms with E-state index in [0.717, 1.165) is 11.8 Å². The molecule has 0 fully saturated rings. The zero-order valence-corrected chi connectivity index (χ0v) is 15.0. The Labute approximate surface area is 157 Å². The first-order chi connectivity index (χ1) is 12.7. The average Bonchev–Trinajstić information content (AvgIpc) is 2.91. The van der Waals surface area contributed by atoms with Crippen LogP contribution in [0, 0.1) is 12.7 Å². The van der Waals surface area contributed by atoms with Gasteiger partial charge < -0.3 is 14.6 Å². The van der Waals surface area contributed by atoms with Gasteiger partial charge in [0.25, 0.3) is 0 Å².